The monoisotopic (exact) mass is 304 g/mol. The first-order chi connectivity index (χ1) is 9.36. The van der Waals surface area contributed by atoms with Crippen LogP contribution in [0, 0.1) is 17.6 Å². The molecule has 0 bridgehead atoms. The summed E-state index contributed by atoms with van der Waals surface area (Å²) in [6, 6.07) is 1.66. The molecule has 1 aromatic rings. The molecule has 0 radical (unpaired) electrons. The Morgan fingerprint density at radius 3 is 2.50 bits per heavy atom. The highest BCUT2D eigenvalue weighted by Crippen LogP contribution is 2.30. The molecule has 1 heterocycles. The maximum atomic E-state index is 13.8. The van der Waals surface area contributed by atoms with Crippen LogP contribution < -0.4 is 5.73 Å². The van der Waals surface area contributed by atoms with Crippen molar-refractivity contribution < 1.29 is 17.2 Å². The Bertz CT molecular complexity index is 581. The molecule has 4 nitrogen and oxygen atoms in total. The molecule has 20 heavy (non-hydrogen) atoms. The Morgan fingerprint density at radius 1 is 1.35 bits per heavy atom. The second-order valence-corrected chi connectivity index (χ2v) is 6.99. The number of hydrogen-bond donors (Lipinski definition) is 1. The van der Waals surface area contributed by atoms with Crippen LogP contribution in [0.2, 0.25) is 0 Å². The molecule has 0 amide bonds. The first kappa shape index (κ1) is 15.2. The van der Waals surface area contributed by atoms with E-state index >= 15 is 0 Å². The molecule has 0 spiro atoms. The van der Waals surface area contributed by atoms with Crippen molar-refractivity contribution in [2.75, 3.05) is 18.8 Å². The van der Waals surface area contributed by atoms with Gasteiger partial charge in [0.1, 0.15) is 11.6 Å². The molecule has 1 unspecified atom stereocenters. The number of nitrogens with two attached hydrogens (primary N) is 1. The van der Waals surface area contributed by atoms with Gasteiger partial charge in [-0.15, -0.1) is 0 Å². The summed E-state index contributed by atoms with van der Waals surface area (Å²) in [5.74, 6) is -2.02. The molecule has 2 N–H and O–H groups in total. The van der Waals surface area contributed by atoms with Gasteiger partial charge in [-0.25, -0.2) is 17.2 Å². The molecule has 1 saturated heterocycles. The summed E-state index contributed by atoms with van der Waals surface area (Å²) in [7, 11) is -4.14. The normalized spacial score (nSPS) is 20.4. The number of anilines is 1. The predicted octanol–water partition coefficient (Wildman–Crippen LogP) is 2.36. The predicted molar refractivity (Wildman–Crippen MR) is 72.5 cm³/mol. The van der Waals surface area contributed by atoms with Crippen molar-refractivity contribution in [3.8, 4) is 0 Å². The lowest BCUT2D eigenvalue weighted by atomic mass is 10.0. The highest BCUT2D eigenvalue weighted by Gasteiger charge is 2.35. The lowest BCUT2D eigenvalue weighted by molar-refractivity contribution is 0.433. The quantitative estimate of drug-likeness (QED) is 0.869. The Morgan fingerprint density at radius 2 is 1.95 bits per heavy atom. The van der Waals surface area contributed by atoms with Gasteiger partial charge in [0.2, 0.25) is 10.0 Å². The minimum absolute atomic E-state index is 0.135. The van der Waals surface area contributed by atoms with Gasteiger partial charge < -0.3 is 5.73 Å². The van der Waals surface area contributed by atoms with E-state index in [1.807, 2.05) is 6.92 Å². The van der Waals surface area contributed by atoms with E-state index in [0.29, 0.717) is 13.1 Å². The number of benzene rings is 1. The van der Waals surface area contributed by atoms with E-state index in [1.165, 1.54) is 0 Å². The molecule has 0 aliphatic carbocycles. The van der Waals surface area contributed by atoms with Crippen molar-refractivity contribution in [1.29, 1.82) is 0 Å². The van der Waals surface area contributed by atoms with E-state index in [1.54, 1.807) is 0 Å². The largest absolute Gasteiger partial charge is 0.399 e. The molecule has 112 valence electrons. The second-order valence-electron chi connectivity index (χ2n) is 5.12. The summed E-state index contributed by atoms with van der Waals surface area (Å²) in [5, 5.41) is 0. The van der Waals surface area contributed by atoms with Gasteiger partial charge in [0.15, 0.2) is 4.90 Å². The molecule has 7 heteroatoms. The molecule has 1 aliphatic rings. The zero-order chi connectivity index (χ0) is 14.9. The number of rotatable bonds is 4. The Kier molecular flexibility index (Phi) is 4.29. The first-order valence-electron chi connectivity index (χ1n) is 6.61. The summed E-state index contributed by atoms with van der Waals surface area (Å²) in [6.45, 7) is 2.64. The van der Waals surface area contributed by atoms with Crippen molar-refractivity contribution in [3.05, 3.63) is 23.8 Å². The molecule has 1 fully saturated rings. The summed E-state index contributed by atoms with van der Waals surface area (Å²) >= 11 is 0. The van der Waals surface area contributed by atoms with Crippen LogP contribution >= 0.6 is 0 Å². The topological polar surface area (TPSA) is 63.4 Å². The maximum Gasteiger partial charge on any atom is 0.248 e. The Balaban J connectivity index is 2.33. The third-order valence-electron chi connectivity index (χ3n) is 3.56. The van der Waals surface area contributed by atoms with Crippen LogP contribution in [0.5, 0.6) is 0 Å². The average Bonchev–Trinajstić information content (AvgIpc) is 2.76. The van der Waals surface area contributed by atoms with Crippen molar-refractivity contribution in [3.63, 3.8) is 0 Å². The standard InChI is InChI=1S/C13H18F2N2O2S/c1-2-3-9-4-5-17(8-9)20(18,19)13-11(14)6-10(16)7-12(13)15/h6-7,9H,2-5,8,16H2,1H3. The highest BCUT2D eigenvalue weighted by molar-refractivity contribution is 7.89. The van der Waals surface area contributed by atoms with Crippen molar-refractivity contribution in [2.24, 2.45) is 5.92 Å². The van der Waals surface area contributed by atoms with Gasteiger partial charge in [0.25, 0.3) is 0 Å². The van der Waals surface area contributed by atoms with Gasteiger partial charge in [-0.05, 0) is 30.9 Å². The zero-order valence-electron chi connectivity index (χ0n) is 11.3. The maximum absolute atomic E-state index is 13.8. The molecule has 2 rings (SSSR count). The fourth-order valence-corrected chi connectivity index (χ4v) is 4.24. The fourth-order valence-electron chi connectivity index (χ4n) is 2.61. The third-order valence-corrected chi connectivity index (χ3v) is 5.48. The smallest absolute Gasteiger partial charge is 0.248 e. The van der Waals surface area contributed by atoms with Crippen LogP contribution in [0.15, 0.2) is 17.0 Å². The number of sulfonamides is 1. The van der Waals surface area contributed by atoms with E-state index < -0.39 is 26.6 Å². The summed E-state index contributed by atoms with van der Waals surface area (Å²) in [6.07, 6.45) is 2.60. The third kappa shape index (κ3) is 2.78. The SMILES string of the molecule is CCCC1CCN(S(=O)(=O)c2c(F)cc(N)cc2F)C1. The molecular weight excluding hydrogens is 286 g/mol. The molecule has 0 aromatic heterocycles. The van der Waals surface area contributed by atoms with E-state index in [9.17, 15) is 17.2 Å². The molecule has 1 atom stereocenters. The van der Waals surface area contributed by atoms with Gasteiger partial charge in [0, 0.05) is 18.8 Å². The van der Waals surface area contributed by atoms with Crippen molar-refractivity contribution in [1.82, 2.24) is 4.31 Å². The Hall–Kier alpha value is -1.21. The highest BCUT2D eigenvalue weighted by atomic mass is 32.2. The van der Waals surface area contributed by atoms with Gasteiger partial charge in [-0.2, -0.15) is 4.31 Å². The van der Waals surface area contributed by atoms with E-state index in [2.05, 4.69) is 0 Å². The minimum Gasteiger partial charge on any atom is -0.399 e. The first-order valence-corrected chi connectivity index (χ1v) is 8.05. The van der Waals surface area contributed by atoms with Crippen LogP contribution in [-0.4, -0.2) is 25.8 Å². The zero-order valence-corrected chi connectivity index (χ0v) is 12.1. The molecule has 1 aliphatic heterocycles. The molecule has 1 aromatic carbocycles. The molecular formula is C13H18F2N2O2S. The van der Waals surface area contributed by atoms with Crippen molar-refractivity contribution in [2.45, 2.75) is 31.1 Å². The van der Waals surface area contributed by atoms with Gasteiger partial charge in [0.05, 0.1) is 0 Å². The number of nitrogen functional groups attached to an aromatic ring is 1. The minimum atomic E-state index is -4.14. The summed E-state index contributed by atoms with van der Waals surface area (Å²) in [5.41, 5.74) is 5.16. The van der Waals surface area contributed by atoms with Crippen LogP contribution in [0.4, 0.5) is 14.5 Å². The average molecular weight is 304 g/mol. The van der Waals surface area contributed by atoms with Gasteiger partial charge in [-0.3, -0.25) is 0 Å². The number of hydrogen-bond acceptors (Lipinski definition) is 3. The second kappa shape index (κ2) is 5.65. The van der Waals surface area contributed by atoms with Crippen molar-refractivity contribution >= 4 is 15.7 Å². The van der Waals surface area contributed by atoms with Crippen LogP contribution in [0.3, 0.4) is 0 Å². The lowest BCUT2D eigenvalue weighted by Crippen LogP contribution is -2.30. The number of halogens is 2. The molecule has 0 saturated carbocycles. The van der Waals surface area contributed by atoms with Crippen LogP contribution in [-0.2, 0) is 10.0 Å². The Labute approximate surface area is 117 Å². The number of nitrogens with zero attached hydrogens (tertiary/aromatic N) is 1. The fraction of sp³-hybridized carbons (Fsp3) is 0.538. The summed E-state index contributed by atoms with van der Waals surface area (Å²) < 4.78 is 53.4. The van der Waals surface area contributed by atoms with E-state index in [-0.39, 0.29) is 11.6 Å². The van der Waals surface area contributed by atoms with Gasteiger partial charge in [-0.1, -0.05) is 13.3 Å². The van der Waals surface area contributed by atoms with E-state index in [4.69, 9.17) is 5.73 Å². The lowest BCUT2D eigenvalue weighted by Gasteiger charge is -2.17. The van der Waals surface area contributed by atoms with E-state index in [0.717, 1.165) is 35.7 Å². The van der Waals surface area contributed by atoms with Crippen LogP contribution in [0.1, 0.15) is 26.2 Å². The van der Waals surface area contributed by atoms with Crippen LogP contribution in [0.25, 0.3) is 0 Å². The van der Waals surface area contributed by atoms with Gasteiger partial charge >= 0.3 is 0 Å². The summed E-state index contributed by atoms with van der Waals surface area (Å²) in [4.78, 5) is -0.899.